The summed E-state index contributed by atoms with van der Waals surface area (Å²) >= 11 is 9.24. The molecule has 0 fully saturated rings. The summed E-state index contributed by atoms with van der Waals surface area (Å²) in [7, 11) is 0. The van der Waals surface area contributed by atoms with Crippen LogP contribution in [0, 0.1) is 0 Å². The van der Waals surface area contributed by atoms with E-state index in [0.717, 1.165) is 17.4 Å². The largest absolute Gasteiger partial charge is 0.484 e. The van der Waals surface area contributed by atoms with Crippen molar-refractivity contribution in [1.82, 2.24) is 0 Å². The lowest BCUT2D eigenvalue weighted by Gasteiger charge is -2.08. The van der Waals surface area contributed by atoms with Gasteiger partial charge in [-0.15, -0.1) is 0 Å². The van der Waals surface area contributed by atoms with E-state index in [1.807, 2.05) is 24.3 Å². The van der Waals surface area contributed by atoms with Gasteiger partial charge in [0.1, 0.15) is 5.75 Å². The lowest BCUT2D eigenvalue weighted by molar-refractivity contribution is -0.118. The van der Waals surface area contributed by atoms with Crippen molar-refractivity contribution in [3.63, 3.8) is 0 Å². The van der Waals surface area contributed by atoms with Crippen LogP contribution in [0.15, 0.2) is 48.5 Å². The van der Waals surface area contributed by atoms with Crippen molar-refractivity contribution >= 4 is 39.1 Å². The molecule has 1 N–H and O–H groups in total. The zero-order valence-corrected chi connectivity index (χ0v) is 13.7. The van der Waals surface area contributed by atoms with Crippen molar-refractivity contribution in [2.75, 3.05) is 17.3 Å². The Morgan fingerprint density at radius 3 is 2.62 bits per heavy atom. The average molecular weight is 369 g/mol. The molecule has 3 nitrogen and oxygen atoms in total. The topological polar surface area (TPSA) is 38.3 Å². The Hall–Kier alpha value is -1.52. The van der Waals surface area contributed by atoms with Crippen molar-refractivity contribution < 1.29 is 9.53 Å². The Kier molecular flexibility index (Phi) is 6.08. The van der Waals surface area contributed by atoms with Crippen molar-refractivity contribution in [1.29, 1.82) is 0 Å². The number of rotatable bonds is 6. The fraction of sp³-hybridized carbons (Fsp3) is 0.188. The molecule has 110 valence electrons. The second-order valence-corrected chi connectivity index (χ2v) is 5.66. The summed E-state index contributed by atoms with van der Waals surface area (Å²) in [4.78, 5) is 11.8. The first kappa shape index (κ1) is 15.9. The first-order valence-electron chi connectivity index (χ1n) is 6.50. The summed E-state index contributed by atoms with van der Waals surface area (Å²) in [5, 5.41) is 4.29. The van der Waals surface area contributed by atoms with E-state index in [9.17, 15) is 4.79 Å². The van der Waals surface area contributed by atoms with Crippen LogP contribution in [0.4, 0.5) is 5.69 Å². The molecule has 2 aromatic carbocycles. The second-order valence-electron chi connectivity index (χ2n) is 4.43. The molecule has 0 heterocycles. The maximum atomic E-state index is 11.8. The molecule has 0 unspecified atom stereocenters. The SMILES string of the molecule is O=C(COc1cccc(Cl)c1)Nc1ccc(CCBr)cc1. The van der Waals surface area contributed by atoms with Crippen molar-refractivity contribution in [3.8, 4) is 5.75 Å². The number of hydrogen-bond donors (Lipinski definition) is 1. The fourth-order valence-electron chi connectivity index (χ4n) is 1.77. The van der Waals surface area contributed by atoms with E-state index in [0.29, 0.717) is 10.8 Å². The van der Waals surface area contributed by atoms with Crippen molar-refractivity contribution in [2.24, 2.45) is 0 Å². The van der Waals surface area contributed by atoms with Crippen molar-refractivity contribution in [2.45, 2.75) is 6.42 Å². The normalized spacial score (nSPS) is 10.2. The predicted molar refractivity (Wildman–Crippen MR) is 89.5 cm³/mol. The monoisotopic (exact) mass is 367 g/mol. The highest BCUT2D eigenvalue weighted by molar-refractivity contribution is 9.09. The zero-order chi connectivity index (χ0) is 15.1. The van der Waals surface area contributed by atoms with Crippen LogP contribution in [0.3, 0.4) is 0 Å². The molecular weight excluding hydrogens is 354 g/mol. The van der Waals surface area contributed by atoms with Crippen LogP contribution in [0.5, 0.6) is 5.75 Å². The van der Waals surface area contributed by atoms with Crippen LogP contribution < -0.4 is 10.1 Å². The molecule has 0 spiro atoms. The molecule has 0 aliphatic carbocycles. The van der Waals surface area contributed by atoms with Gasteiger partial charge in [0.15, 0.2) is 6.61 Å². The molecular formula is C16H15BrClNO2. The Labute approximate surface area is 137 Å². The predicted octanol–water partition coefficient (Wildman–Crippen LogP) is 4.29. The van der Waals surface area contributed by atoms with E-state index in [1.165, 1.54) is 5.56 Å². The Balaban J connectivity index is 1.84. The van der Waals surface area contributed by atoms with Gasteiger partial charge in [-0.1, -0.05) is 45.7 Å². The van der Waals surface area contributed by atoms with E-state index in [2.05, 4.69) is 21.2 Å². The van der Waals surface area contributed by atoms with Crippen LogP contribution in [-0.4, -0.2) is 17.8 Å². The molecule has 2 rings (SSSR count). The first-order chi connectivity index (χ1) is 10.2. The second kappa shape index (κ2) is 8.05. The lowest BCUT2D eigenvalue weighted by atomic mass is 10.1. The number of aryl methyl sites for hydroxylation is 1. The minimum absolute atomic E-state index is 0.0521. The Morgan fingerprint density at radius 1 is 1.19 bits per heavy atom. The summed E-state index contributed by atoms with van der Waals surface area (Å²) < 4.78 is 5.38. The van der Waals surface area contributed by atoms with Gasteiger partial charge < -0.3 is 10.1 Å². The number of carbonyl (C=O) groups is 1. The fourth-order valence-corrected chi connectivity index (χ4v) is 2.40. The smallest absolute Gasteiger partial charge is 0.262 e. The summed E-state index contributed by atoms with van der Waals surface area (Å²) in [5.41, 5.74) is 1.98. The van der Waals surface area contributed by atoms with E-state index in [1.54, 1.807) is 24.3 Å². The standard InChI is InChI=1S/C16H15BrClNO2/c17-9-8-12-4-6-14(7-5-12)19-16(20)11-21-15-3-1-2-13(18)10-15/h1-7,10H,8-9,11H2,(H,19,20). The molecule has 0 radical (unpaired) electrons. The van der Waals surface area contributed by atoms with E-state index in [4.69, 9.17) is 16.3 Å². The Bertz CT molecular complexity index is 601. The molecule has 0 saturated heterocycles. The minimum Gasteiger partial charge on any atom is -0.484 e. The number of anilines is 1. The molecule has 0 aromatic heterocycles. The van der Waals surface area contributed by atoms with Crippen molar-refractivity contribution in [3.05, 3.63) is 59.1 Å². The highest BCUT2D eigenvalue weighted by Crippen LogP contribution is 2.17. The molecule has 0 aliphatic rings. The van der Waals surface area contributed by atoms with Gasteiger partial charge in [-0.2, -0.15) is 0 Å². The molecule has 0 saturated carbocycles. The Morgan fingerprint density at radius 2 is 1.95 bits per heavy atom. The van der Waals surface area contributed by atoms with E-state index >= 15 is 0 Å². The van der Waals surface area contributed by atoms with Gasteiger partial charge in [0.25, 0.3) is 5.91 Å². The summed E-state index contributed by atoms with van der Waals surface area (Å²) in [6, 6.07) is 14.7. The van der Waals surface area contributed by atoms with Crippen LogP contribution in [0.25, 0.3) is 0 Å². The molecule has 1 amide bonds. The number of benzene rings is 2. The number of nitrogens with one attached hydrogen (secondary N) is 1. The van der Waals surface area contributed by atoms with E-state index < -0.39 is 0 Å². The maximum Gasteiger partial charge on any atom is 0.262 e. The van der Waals surface area contributed by atoms with Crippen LogP contribution in [0.1, 0.15) is 5.56 Å². The molecule has 2 aromatic rings. The summed E-state index contributed by atoms with van der Waals surface area (Å²) in [6.07, 6.45) is 0.964. The molecule has 0 bridgehead atoms. The highest BCUT2D eigenvalue weighted by atomic mass is 79.9. The van der Waals surface area contributed by atoms with Gasteiger partial charge in [0.05, 0.1) is 0 Å². The minimum atomic E-state index is -0.205. The zero-order valence-electron chi connectivity index (χ0n) is 11.3. The van der Waals surface area contributed by atoms with Gasteiger partial charge >= 0.3 is 0 Å². The van der Waals surface area contributed by atoms with Gasteiger partial charge in [-0.3, -0.25) is 4.79 Å². The highest BCUT2D eigenvalue weighted by Gasteiger charge is 2.04. The van der Waals surface area contributed by atoms with E-state index in [-0.39, 0.29) is 12.5 Å². The van der Waals surface area contributed by atoms with Crippen LogP contribution in [0.2, 0.25) is 5.02 Å². The molecule has 21 heavy (non-hydrogen) atoms. The molecule has 0 aliphatic heterocycles. The average Bonchev–Trinajstić information content (AvgIpc) is 2.48. The third-order valence-corrected chi connectivity index (χ3v) is 3.42. The quantitative estimate of drug-likeness (QED) is 0.772. The number of halogens is 2. The van der Waals surface area contributed by atoms with Crippen LogP contribution in [-0.2, 0) is 11.2 Å². The number of carbonyl (C=O) groups excluding carboxylic acids is 1. The summed E-state index contributed by atoms with van der Waals surface area (Å²) in [5.74, 6) is 0.369. The first-order valence-corrected chi connectivity index (χ1v) is 8.00. The van der Waals surface area contributed by atoms with Gasteiger partial charge in [0, 0.05) is 16.0 Å². The van der Waals surface area contributed by atoms with Gasteiger partial charge in [-0.05, 0) is 42.3 Å². The molecule has 5 heteroatoms. The maximum absolute atomic E-state index is 11.8. The number of amides is 1. The molecule has 0 atom stereocenters. The lowest BCUT2D eigenvalue weighted by Crippen LogP contribution is -2.20. The van der Waals surface area contributed by atoms with Gasteiger partial charge in [0.2, 0.25) is 0 Å². The third-order valence-electron chi connectivity index (χ3n) is 2.79. The van der Waals surface area contributed by atoms with Gasteiger partial charge in [-0.25, -0.2) is 0 Å². The number of ether oxygens (including phenoxy) is 1. The number of hydrogen-bond acceptors (Lipinski definition) is 2. The third kappa shape index (κ3) is 5.40. The van der Waals surface area contributed by atoms with Crippen LogP contribution >= 0.6 is 27.5 Å². The number of alkyl halides is 1. The summed E-state index contributed by atoms with van der Waals surface area (Å²) in [6.45, 7) is -0.0521.